The molecule has 7 heteroatoms. The highest BCUT2D eigenvalue weighted by Crippen LogP contribution is 2.27. The summed E-state index contributed by atoms with van der Waals surface area (Å²) in [5.41, 5.74) is 0.497. The fraction of sp³-hybridized carbons (Fsp3) is 0.409. The molecule has 1 atom stereocenters. The van der Waals surface area contributed by atoms with Crippen molar-refractivity contribution in [3.05, 3.63) is 59.4 Å². The SMILES string of the molecule is CC(C(=O)Nc1cccc(F)c1)N1CCN(CCCSc2ccccc2Cl)CC1. The van der Waals surface area contributed by atoms with Crippen LogP contribution in [-0.2, 0) is 4.79 Å². The molecule has 1 aliphatic heterocycles. The van der Waals surface area contributed by atoms with Gasteiger partial charge in [0, 0.05) is 36.8 Å². The Kier molecular flexibility index (Phi) is 8.36. The summed E-state index contributed by atoms with van der Waals surface area (Å²) in [5.74, 6) is 0.591. The van der Waals surface area contributed by atoms with Gasteiger partial charge >= 0.3 is 0 Å². The lowest BCUT2D eigenvalue weighted by atomic mass is 10.2. The van der Waals surface area contributed by atoms with Crippen molar-refractivity contribution >= 4 is 35.0 Å². The Hall–Kier alpha value is -1.60. The van der Waals surface area contributed by atoms with Crippen LogP contribution in [-0.4, -0.2) is 60.2 Å². The predicted octanol–water partition coefficient (Wildman–Crippen LogP) is 4.61. The van der Waals surface area contributed by atoms with Crippen LogP contribution in [0.5, 0.6) is 0 Å². The average molecular weight is 436 g/mol. The number of halogens is 2. The van der Waals surface area contributed by atoms with E-state index < -0.39 is 0 Å². The fourth-order valence-electron chi connectivity index (χ4n) is 3.39. The topological polar surface area (TPSA) is 35.6 Å². The number of nitrogens with zero attached hydrogens (tertiary/aromatic N) is 2. The van der Waals surface area contributed by atoms with Gasteiger partial charge in [0.1, 0.15) is 5.82 Å². The molecule has 1 N–H and O–H groups in total. The molecule has 1 aliphatic rings. The summed E-state index contributed by atoms with van der Waals surface area (Å²) in [6.45, 7) is 6.58. The molecule has 29 heavy (non-hydrogen) atoms. The number of anilines is 1. The molecule has 3 rings (SSSR count). The Morgan fingerprint density at radius 2 is 1.93 bits per heavy atom. The first-order valence-electron chi connectivity index (χ1n) is 9.93. The van der Waals surface area contributed by atoms with Crippen molar-refractivity contribution in [3.8, 4) is 0 Å². The van der Waals surface area contributed by atoms with E-state index in [-0.39, 0.29) is 17.8 Å². The molecule has 4 nitrogen and oxygen atoms in total. The van der Waals surface area contributed by atoms with Gasteiger partial charge in [-0.15, -0.1) is 11.8 Å². The van der Waals surface area contributed by atoms with Crippen LogP contribution in [0, 0.1) is 5.82 Å². The van der Waals surface area contributed by atoms with Crippen molar-refractivity contribution in [1.82, 2.24) is 9.80 Å². The highest BCUT2D eigenvalue weighted by atomic mass is 35.5. The molecule has 2 aromatic rings. The van der Waals surface area contributed by atoms with Crippen LogP contribution < -0.4 is 5.32 Å². The molecular weight excluding hydrogens is 409 g/mol. The standard InChI is InChI=1S/C22H27ClFN3OS/c1-17(22(28)25-19-7-4-6-18(24)16-19)27-13-11-26(12-14-27)10-5-15-29-21-9-3-2-8-20(21)23/h2-4,6-9,16-17H,5,10-15H2,1H3,(H,25,28). The van der Waals surface area contributed by atoms with E-state index in [0.29, 0.717) is 5.69 Å². The highest BCUT2D eigenvalue weighted by Gasteiger charge is 2.25. The second-order valence-electron chi connectivity index (χ2n) is 7.19. The zero-order chi connectivity index (χ0) is 20.6. The second kappa shape index (κ2) is 11.0. The molecule has 0 bridgehead atoms. The van der Waals surface area contributed by atoms with Crippen LogP contribution in [0.15, 0.2) is 53.4 Å². The number of thioether (sulfide) groups is 1. The monoisotopic (exact) mass is 435 g/mol. The predicted molar refractivity (Wildman–Crippen MR) is 119 cm³/mol. The lowest BCUT2D eigenvalue weighted by Gasteiger charge is -2.37. The normalized spacial score (nSPS) is 16.5. The number of carbonyl (C=O) groups excluding carboxylic acids is 1. The van der Waals surface area contributed by atoms with Gasteiger partial charge < -0.3 is 10.2 Å². The molecule has 1 amide bonds. The lowest BCUT2D eigenvalue weighted by Crippen LogP contribution is -2.52. The van der Waals surface area contributed by atoms with Gasteiger partial charge in [-0.1, -0.05) is 29.8 Å². The number of hydrogen-bond donors (Lipinski definition) is 1. The van der Waals surface area contributed by atoms with Gasteiger partial charge in [0.25, 0.3) is 0 Å². The Balaban J connectivity index is 1.36. The maximum atomic E-state index is 13.3. The third-order valence-corrected chi connectivity index (χ3v) is 6.74. The van der Waals surface area contributed by atoms with Crippen molar-refractivity contribution in [2.75, 3.05) is 43.8 Å². The first-order valence-corrected chi connectivity index (χ1v) is 11.3. The van der Waals surface area contributed by atoms with Crippen LogP contribution in [0.3, 0.4) is 0 Å². The number of nitrogens with one attached hydrogen (secondary N) is 1. The van der Waals surface area contributed by atoms with Crippen LogP contribution >= 0.6 is 23.4 Å². The number of piperazine rings is 1. The van der Waals surface area contributed by atoms with E-state index in [4.69, 9.17) is 11.6 Å². The molecule has 0 radical (unpaired) electrons. The van der Waals surface area contributed by atoms with Crippen LogP contribution in [0.2, 0.25) is 5.02 Å². The second-order valence-corrected chi connectivity index (χ2v) is 8.73. The molecule has 2 aromatic carbocycles. The van der Waals surface area contributed by atoms with E-state index in [1.54, 1.807) is 23.9 Å². The molecule has 156 valence electrons. The van der Waals surface area contributed by atoms with Crippen molar-refractivity contribution in [1.29, 1.82) is 0 Å². The van der Waals surface area contributed by atoms with Crippen molar-refractivity contribution < 1.29 is 9.18 Å². The lowest BCUT2D eigenvalue weighted by molar-refractivity contribution is -0.121. The number of carbonyl (C=O) groups is 1. The Labute approximate surface area is 181 Å². The minimum absolute atomic E-state index is 0.0970. The van der Waals surface area contributed by atoms with E-state index >= 15 is 0 Å². The minimum atomic E-state index is -0.350. The summed E-state index contributed by atoms with van der Waals surface area (Å²) in [6, 6.07) is 13.7. The molecule has 1 fully saturated rings. The zero-order valence-electron chi connectivity index (χ0n) is 16.6. The molecule has 0 spiro atoms. The maximum Gasteiger partial charge on any atom is 0.241 e. The number of rotatable bonds is 8. The summed E-state index contributed by atoms with van der Waals surface area (Å²) in [4.78, 5) is 18.2. The molecule has 1 heterocycles. The number of hydrogen-bond acceptors (Lipinski definition) is 4. The quantitative estimate of drug-likeness (QED) is 0.485. The van der Waals surface area contributed by atoms with Gasteiger partial charge in [-0.2, -0.15) is 0 Å². The van der Waals surface area contributed by atoms with Crippen molar-refractivity contribution in [3.63, 3.8) is 0 Å². The van der Waals surface area contributed by atoms with E-state index in [2.05, 4.69) is 21.2 Å². The summed E-state index contributed by atoms with van der Waals surface area (Å²) >= 11 is 7.99. The van der Waals surface area contributed by atoms with Gasteiger partial charge in [0.05, 0.1) is 11.1 Å². The first kappa shape index (κ1) is 22.1. The highest BCUT2D eigenvalue weighted by molar-refractivity contribution is 7.99. The molecule has 0 aliphatic carbocycles. The number of benzene rings is 2. The average Bonchev–Trinajstić information content (AvgIpc) is 2.72. The Morgan fingerprint density at radius 3 is 2.66 bits per heavy atom. The van der Waals surface area contributed by atoms with Crippen molar-refractivity contribution in [2.24, 2.45) is 0 Å². The summed E-state index contributed by atoms with van der Waals surface area (Å²) < 4.78 is 13.3. The summed E-state index contributed by atoms with van der Waals surface area (Å²) in [7, 11) is 0. The van der Waals surface area contributed by atoms with E-state index in [1.165, 1.54) is 12.1 Å². The molecule has 0 aromatic heterocycles. The van der Waals surface area contributed by atoms with Gasteiger partial charge in [0.2, 0.25) is 5.91 Å². The van der Waals surface area contributed by atoms with Crippen molar-refractivity contribution in [2.45, 2.75) is 24.3 Å². The smallest absolute Gasteiger partial charge is 0.241 e. The Bertz CT molecular complexity index is 814. The number of amides is 1. The van der Waals surface area contributed by atoms with Gasteiger partial charge in [-0.25, -0.2) is 4.39 Å². The zero-order valence-corrected chi connectivity index (χ0v) is 18.2. The fourth-order valence-corrected chi connectivity index (χ4v) is 4.56. The molecule has 1 unspecified atom stereocenters. The van der Waals surface area contributed by atoms with E-state index in [9.17, 15) is 9.18 Å². The van der Waals surface area contributed by atoms with Gasteiger partial charge in [0.15, 0.2) is 0 Å². The summed E-state index contributed by atoms with van der Waals surface area (Å²) in [5, 5.41) is 3.62. The minimum Gasteiger partial charge on any atom is -0.325 e. The van der Waals surface area contributed by atoms with E-state index in [0.717, 1.165) is 54.8 Å². The third kappa shape index (κ3) is 6.71. The molecule has 0 saturated carbocycles. The maximum absolute atomic E-state index is 13.3. The summed E-state index contributed by atoms with van der Waals surface area (Å²) in [6.07, 6.45) is 1.10. The largest absolute Gasteiger partial charge is 0.325 e. The first-order chi connectivity index (χ1) is 14.0. The van der Waals surface area contributed by atoms with Crippen LogP contribution in [0.25, 0.3) is 0 Å². The van der Waals surface area contributed by atoms with Crippen LogP contribution in [0.4, 0.5) is 10.1 Å². The van der Waals surface area contributed by atoms with Gasteiger partial charge in [-0.05, 0) is 56.0 Å². The van der Waals surface area contributed by atoms with E-state index in [1.807, 2.05) is 25.1 Å². The third-order valence-electron chi connectivity index (χ3n) is 5.14. The van der Waals surface area contributed by atoms with Crippen LogP contribution in [0.1, 0.15) is 13.3 Å². The molecule has 1 saturated heterocycles. The Morgan fingerprint density at radius 1 is 1.17 bits per heavy atom. The molecular formula is C22H27ClFN3OS. The van der Waals surface area contributed by atoms with Gasteiger partial charge in [-0.3, -0.25) is 9.69 Å².